The molecule has 0 unspecified atom stereocenters. The number of benzene rings is 2. The molecule has 0 aliphatic carbocycles. The van der Waals surface area contributed by atoms with Crippen molar-refractivity contribution in [3.05, 3.63) is 82.2 Å². The van der Waals surface area contributed by atoms with Crippen LogP contribution >= 0.6 is 0 Å². The van der Waals surface area contributed by atoms with Gasteiger partial charge in [0.25, 0.3) is 0 Å². The maximum atomic E-state index is 12.5. The topological polar surface area (TPSA) is 93.1 Å². The molecule has 1 amide bonds. The number of hydrogen-bond acceptors (Lipinski definition) is 4. The molecule has 2 aromatic carbocycles. The van der Waals surface area contributed by atoms with Crippen LogP contribution in [0, 0.1) is 27.7 Å². The van der Waals surface area contributed by atoms with Gasteiger partial charge in [0.05, 0.1) is 17.1 Å². The van der Waals surface area contributed by atoms with Crippen LogP contribution < -0.4 is 10.0 Å². The molecule has 0 saturated heterocycles. The summed E-state index contributed by atoms with van der Waals surface area (Å²) in [4.78, 5) is 12.5. The Kier molecular flexibility index (Phi) is 7.48. The first-order valence-corrected chi connectivity index (χ1v) is 12.1. The van der Waals surface area contributed by atoms with Gasteiger partial charge >= 0.3 is 0 Å². The summed E-state index contributed by atoms with van der Waals surface area (Å²) in [5, 5.41) is 7.48. The van der Waals surface area contributed by atoms with Gasteiger partial charge in [-0.05, 0) is 44.9 Å². The number of sulfonamides is 1. The molecule has 0 saturated carbocycles. The summed E-state index contributed by atoms with van der Waals surface area (Å²) < 4.78 is 29.5. The highest BCUT2D eigenvalue weighted by Gasteiger charge is 2.17. The van der Waals surface area contributed by atoms with E-state index < -0.39 is 10.0 Å². The second-order valence-corrected chi connectivity index (χ2v) is 9.72. The molecule has 0 aliphatic rings. The largest absolute Gasteiger partial charge is 0.352 e. The molecule has 1 aromatic heterocycles. The second kappa shape index (κ2) is 10.1. The van der Waals surface area contributed by atoms with Crippen molar-refractivity contribution in [2.45, 2.75) is 52.1 Å². The van der Waals surface area contributed by atoms with E-state index in [0.717, 1.165) is 28.1 Å². The van der Waals surface area contributed by atoms with E-state index in [-0.39, 0.29) is 23.8 Å². The number of aromatic nitrogens is 2. The molecule has 170 valence electrons. The normalized spacial score (nSPS) is 11.5. The summed E-state index contributed by atoms with van der Waals surface area (Å²) in [5.41, 5.74) is 5.69. The zero-order valence-corrected chi connectivity index (χ0v) is 19.8. The van der Waals surface area contributed by atoms with Gasteiger partial charge in [-0.15, -0.1) is 0 Å². The van der Waals surface area contributed by atoms with Crippen molar-refractivity contribution < 1.29 is 13.2 Å². The molecule has 1 heterocycles. The van der Waals surface area contributed by atoms with E-state index in [4.69, 9.17) is 0 Å². The van der Waals surface area contributed by atoms with Crippen LogP contribution in [0.15, 0.2) is 53.4 Å². The van der Waals surface area contributed by atoms with Crippen LogP contribution in [0.2, 0.25) is 0 Å². The van der Waals surface area contributed by atoms with Gasteiger partial charge in [-0.25, -0.2) is 13.1 Å². The zero-order chi connectivity index (χ0) is 23.3. The average Bonchev–Trinajstić information content (AvgIpc) is 2.99. The lowest BCUT2D eigenvalue weighted by atomic mass is 10.2. The lowest BCUT2D eigenvalue weighted by Crippen LogP contribution is -2.31. The fraction of sp³-hybridized carbons (Fsp3) is 0.333. The molecule has 2 N–H and O–H groups in total. The van der Waals surface area contributed by atoms with Gasteiger partial charge in [-0.1, -0.05) is 48.0 Å². The molecular formula is C24H30N4O3S. The predicted octanol–water partition coefficient (Wildman–Crippen LogP) is 3.15. The SMILES string of the molecule is Cc1ccc(S(=O)(=O)NCCC(=O)NCc2c(C)nn(Cc3ccccc3)c2C)c(C)c1. The Bertz CT molecular complexity index is 1200. The molecule has 0 bridgehead atoms. The molecule has 3 rings (SSSR count). The summed E-state index contributed by atoms with van der Waals surface area (Å²) in [5.74, 6) is -0.220. The molecule has 7 nitrogen and oxygen atoms in total. The third kappa shape index (κ3) is 5.83. The Hall–Kier alpha value is -2.97. The van der Waals surface area contributed by atoms with Crippen LogP contribution in [-0.2, 0) is 27.9 Å². The lowest BCUT2D eigenvalue weighted by Gasteiger charge is -2.10. The minimum Gasteiger partial charge on any atom is -0.352 e. The third-order valence-corrected chi connectivity index (χ3v) is 7.05. The summed E-state index contributed by atoms with van der Waals surface area (Å²) in [6.07, 6.45) is 0.0559. The van der Waals surface area contributed by atoms with E-state index >= 15 is 0 Å². The minimum atomic E-state index is -3.65. The smallest absolute Gasteiger partial charge is 0.240 e. The molecule has 0 fully saturated rings. The number of amides is 1. The van der Waals surface area contributed by atoms with Crippen molar-refractivity contribution in [3.8, 4) is 0 Å². The molecular weight excluding hydrogens is 424 g/mol. The quantitative estimate of drug-likeness (QED) is 0.519. The first-order chi connectivity index (χ1) is 15.2. The first-order valence-electron chi connectivity index (χ1n) is 10.6. The Morgan fingerprint density at radius 1 is 1.03 bits per heavy atom. The molecule has 32 heavy (non-hydrogen) atoms. The summed E-state index contributed by atoms with van der Waals surface area (Å²) in [6, 6.07) is 15.3. The van der Waals surface area contributed by atoms with Crippen molar-refractivity contribution in [2.24, 2.45) is 0 Å². The number of rotatable bonds is 9. The standard InChI is InChI=1S/C24H30N4O3S/c1-17-10-11-23(18(2)14-17)32(30,31)26-13-12-24(29)25-15-22-19(3)27-28(20(22)4)16-21-8-6-5-7-9-21/h5-11,14,26H,12-13,15-16H2,1-4H3,(H,25,29). The highest BCUT2D eigenvalue weighted by molar-refractivity contribution is 7.89. The fourth-order valence-corrected chi connectivity index (χ4v) is 4.91. The van der Waals surface area contributed by atoms with Crippen molar-refractivity contribution in [1.29, 1.82) is 0 Å². The van der Waals surface area contributed by atoms with Gasteiger partial charge in [0.2, 0.25) is 15.9 Å². The summed E-state index contributed by atoms with van der Waals surface area (Å²) in [6.45, 7) is 8.65. The van der Waals surface area contributed by atoms with E-state index in [2.05, 4.69) is 27.3 Å². The number of nitrogens with one attached hydrogen (secondary N) is 2. The first kappa shape index (κ1) is 23.7. The minimum absolute atomic E-state index is 0.0344. The molecule has 0 radical (unpaired) electrons. The van der Waals surface area contributed by atoms with Crippen molar-refractivity contribution in [1.82, 2.24) is 19.8 Å². The third-order valence-electron chi connectivity index (χ3n) is 5.43. The maximum Gasteiger partial charge on any atom is 0.240 e. The van der Waals surface area contributed by atoms with Crippen molar-refractivity contribution >= 4 is 15.9 Å². The Morgan fingerprint density at radius 3 is 2.44 bits per heavy atom. The van der Waals surface area contributed by atoms with E-state index in [1.165, 1.54) is 0 Å². The van der Waals surface area contributed by atoms with E-state index in [1.807, 2.05) is 49.7 Å². The molecule has 0 atom stereocenters. The Balaban J connectivity index is 1.53. The predicted molar refractivity (Wildman–Crippen MR) is 125 cm³/mol. The average molecular weight is 455 g/mol. The van der Waals surface area contributed by atoms with Crippen LogP contribution in [0.25, 0.3) is 0 Å². The van der Waals surface area contributed by atoms with E-state index in [9.17, 15) is 13.2 Å². The molecule has 0 aliphatic heterocycles. The van der Waals surface area contributed by atoms with Crippen LogP contribution in [0.4, 0.5) is 0 Å². The van der Waals surface area contributed by atoms with Gasteiger partial charge in [-0.2, -0.15) is 5.10 Å². The van der Waals surface area contributed by atoms with Gasteiger partial charge in [-0.3, -0.25) is 9.48 Å². The van der Waals surface area contributed by atoms with Crippen LogP contribution in [-0.4, -0.2) is 30.7 Å². The number of hydrogen-bond donors (Lipinski definition) is 2. The number of aryl methyl sites for hydroxylation is 3. The van der Waals surface area contributed by atoms with E-state index in [0.29, 0.717) is 18.7 Å². The van der Waals surface area contributed by atoms with Crippen LogP contribution in [0.3, 0.4) is 0 Å². The van der Waals surface area contributed by atoms with Gasteiger partial charge in [0.15, 0.2) is 0 Å². The highest BCUT2D eigenvalue weighted by Crippen LogP contribution is 2.17. The van der Waals surface area contributed by atoms with Crippen molar-refractivity contribution in [3.63, 3.8) is 0 Å². The van der Waals surface area contributed by atoms with Gasteiger partial charge < -0.3 is 5.32 Å². The van der Waals surface area contributed by atoms with Crippen molar-refractivity contribution in [2.75, 3.05) is 6.54 Å². The fourth-order valence-electron chi connectivity index (χ4n) is 3.65. The second-order valence-electron chi connectivity index (χ2n) is 7.99. The number of nitrogens with zero attached hydrogens (tertiary/aromatic N) is 2. The Morgan fingerprint density at radius 2 is 1.75 bits per heavy atom. The summed E-state index contributed by atoms with van der Waals surface area (Å²) >= 11 is 0. The molecule has 3 aromatic rings. The van der Waals surface area contributed by atoms with Gasteiger partial charge in [0, 0.05) is 30.8 Å². The lowest BCUT2D eigenvalue weighted by molar-refractivity contribution is -0.121. The summed E-state index contributed by atoms with van der Waals surface area (Å²) in [7, 11) is -3.65. The number of carbonyl (C=O) groups is 1. The van der Waals surface area contributed by atoms with Crippen LogP contribution in [0.1, 0.15) is 40.1 Å². The maximum absolute atomic E-state index is 12.5. The molecule has 0 spiro atoms. The highest BCUT2D eigenvalue weighted by atomic mass is 32.2. The molecule has 8 heteroatoms. The van der Waals surface area contributed by atoms with Crippen LogP contribution in [0.5, 0.6) is 0 Å². The zero-order valence-electron chi connectivity index (χ0n) is 19.0. The number of carbonyl (C=O) groups excluding carboxylic acids is 1. The van der Waals surface area contributed by atoms with E-state index in [1.54, 1.807) is 19.1 Å². The van der Waals surface area contributed by atoms with Gasteiger partial charge in [0.1, 0.15) is 0 Å². The monoisotopic (exact) mass is 454 g/mol. The Labute approximate surface area is 189 Å².